The fourth-order valence-corrected chi connectivity index (χ4v) is 4.08. The van der Waals surface area contributed by atoms with Crippen molar-refractivity contribution in [2.45, 2.75) is 6.92 Å². The van der Waals surface area contributed by atoms with Crippen molar-refractivity contribution >= 4 is 15.7 Å². The van der Waals surface area contributed by atoms with Gasteiger partial charge in [0.25, 0.3) is 5.91 Å². The normalized spacial score (nSPS) is 16.8. The number of halogens is 1. The summed E-state index contributed by atoms with van der Waals surface area (Å²) in [5, 5.41) is 0. The zero-order valence-corrected chi connectivity index (χ0v) is 14.1. The van der Waals surface area contributed by atoms with E-state index in [1.165, 1.54) is 6.07 Å². The summed E-state index contributed by atoms with van der Waals surface area (Å²) in [4.78, 5) is 14.0. The van der Waals surface area contributed by atoms with Gasteiger partial charge < -0.3 is 4.90 Å². The number of hydrogen-bond donors (Lipinski definition) is 0. The van der Waals surface area contributed by atoms with E-state index in [4.69, 9.17) is 0 Å². The van der Waals surface area contributed by atoms with E-state index in [1.54, 1.807) is 35.2 Å². The third-order valence-corrected chi connectivity index (χ3v) is 5.88. The zero-order valence-electron chi connectivity index (χ0n) is 13.3. The van der Waals surface area contributed by atoms with E-state index in [0.717, 1.165) is 5.56 Å². The molecule has 0 N–H and O–H groups in total. The van der Waals surface area contributed by atoms with Crippen molar-refractivity contribution in [1.82, 2.24) is 4.90 Å². The Morgan fingerprint density at radius 2 is 1.67 bits per heavy atom. The van der Waals surface area contributed by atoms with E-state index in [0.29, 0.717) is 16.7 Å². The molecule has 0 bridgehead atoms. The summed E-state index contributed by atoms with van der Waals surface area (Å²) in [7, 11) is -3.02. The first-order valence-electron chi connectivity index (χ1n) is 7.73. The lowest BCUT2D eigenvalue weighted by molar-refractivity contribution is 0.0770. The smallest absolute Gasteiger partial charge is 0.253 e. The quantitative estimate of drug-likeness (QED) is 0.839. The van der Waals surface area contributed by atoms with Gasteiger partial charge in [0.15, 0.2) is 9.84 Å². The molecular formula is C18H18FNO3S. The minimum Gasteiger partial charge on any atom is -0.337 e. The van der Waals surface area contributed by atoms with Crippen LogP contribution in [0.4, 0.5) is 4.39 Å². The summed E-state index contributed by atoms with van der Waals surface area (Å²) < 4.78 is 36.9. The molecule has 1 amide bonds. The highest BCUT2D eigenvalue weighted by atomic mass is 32.2. The second-order valence-electron chi connectivity index (χ2n) is 5.95. The molecule has 1 aliphatic heterocycles. The lowest BCUT2D eigenvalue weighted by atomic mass is 9.98. The van der Waals surface area contributed by atoms with Gasteiger partial charge in [0.1, 0.15) is 5.82 Å². The van der Waals surface area contributed by atoms with Gasteiger partial charge in [-0.3, -0.25) is 4.79 Å². The second-order valence-corrected chi connectivity index (χ2v) is 8.26. The average Bonchev–Trinajstić information content (AvgIpc) is 2.55. The fourth-order valence-electron chi connectivity index (χ4n) is 2.88. The molecule has 1 fully saturated rings. The highest BCUT2D eigenvalue weighted by Gasteiger charge is 2.25. The predicted molar refractivity (Wildman–Crippen MR) is 91.1 cm³/mol. The maximum Gasteiger partial charge on any atom is 0.253 e. The maximum absolute atomic E-state index is 14.0. The van der Waals surface area contributed by atoms with Crippen molar-refractivity contribution < 1.29 is 17.6 Å². The fraction of sp³-hybridized carbons (Fsp3) is 0.278. The van der Waals surface area contributed by atoms with E-state index < -0.39 is 9.84 Å². The van der Waals surface area contributed by atoms with Crippen LogP contribution in [0.5, 0.6) is 0 Å². The lowest BCUT2D eigenvalue weighted by Crippen LogP contribution is -2.43. The van der Waals surface area contributed by atoms with Gasteiger partial charge in [-0.15, -0.1) is 0 Å². The number of hydrogen-bond acceptors (Lipinski definition) is 3. The second kappa shape index (κ2) is 6.36. The molecular weight excluding hydrogens is 329 g/mol. The van der Waals surface area contributed by atoms with Crippen molar-refractivity contribution in [3.05, 3.63) is 59.4 Å². The zero-order chi connectivity index (χ0) is 17.3. The number of carbonyl (C=O) groups is 1. The van der Waals surface area contributed by atoms with Crippen molar-refractivity contribution in [3.8, 4) is 11.1 Å². The van der Waals surface area contributed by atoms with E-state index in [-0.39, 0.29) is 36.3 Å². The Labute approximate surface area is 140 Å². The van der Waals surface area contributed by atoms with Crippen LogP contribution in [0.3, 0.4) is 0 Å². The van der Waals surface area contributed by atoms with Gasteiger partial charge in [-0.2, -0.15) is 0 Å². The number of carbonyl (C=O) groups excluding carboxylic acids is 1. The largest absolute Gasteiger partial charge is 0.337 e. The molecule has 4 nitrogen and oxygen atoms in total. The van der Waals surface area contributed by atoms with Gasteiger partial charge in [0.2, 0.25) is 0 Å². The van der Waals surface area contributed by atoms with Crippen LogP contribution in [0.1, 0.15) is 15.9 Å². The Kier molecular flexibility index (Phi) is 4.41. The predicted octanol–water partition coefficient (Wildman–Crippen LogP) is 2.67. The van der Waals surface area contributed by atoms with E-state index in [9.17, 15) is 17.6 Å². The molecule has 3 rings (SSSR count). The van der Waals surface area contributed by atoms with Gasteiger partial charge in [0.05, 0.1) is 11.5 Å². The van der Waals surface area contributed by atoms with Crippen LogP contribution in [0.25, 0.3) is 11.1 Å². The highest BCUT2D eigenvalue weighted by Crippen LogP contribution is 2.27. The number of rotatable bonds is 2. The summed E-state index contributed by atoms with van der Waals surface area (Å²) in [6, 6.07) is 11.7. The van der Waals surface area contributed by atoms with Crippen molar-refractivity contribution in [2.24, 2.45) is 0 Å². The van der Waals surface area contributed by atoms with Crippen LogP contribution < -0.4 is 0 Å². The molecule has 0 atom stereocenters. The average molecular weight is 347 g/mol. The molecule has 2 aromatic carbocycles. The van der Waals surface area contributed by atoms with Gasteiger partial charge in [0, 0.05) is 24.2 Å². The molecule has 0 aliphatic carbocycles. The third-order valence-electron chi connectivity index (χ3n) is 4.27. The van der Waals surface area contributed by atoms with Crippen LogP contribution in [-0.2, 0) is 9.84 Å². The maximum atomic E-state index is 14.0. The number of aryl methyl sites for hydroxylation is 1. The summed E-state index contributed by atoms with van der Waals surface area (Å²) in [6.07, 6.45) is 0. The minimum absolute atomic E-state index is 0.00520. The topological polar surface area (TPSA) is 54.5 Å². The highest BCUT2D eigenvalue weighted by molar-refractivity contribution is 7.91. The monoisotopic (exact) mass is 347 g/mol. The Hall–Kier alpha value is -2.21. The number of nitrogens with zero attached hydrogens (tertiary/aromatic N) is 1. The molecule has 0 radical (unpaired) electrons. The SMILES string of the molecule is Cc1cccc(F)c1-c1ccc(C(=O)N2CCS(=O)(=O)CC2)cc1. The first kappa shape index (κ1) is 16.6. The standard InChI is InChI=1S/C18H18FNO3S/c1-13-3-2-4-16(19)17(13)14-5-7-15(8-6-14)18(21)20-9-11-24(22,23)12-10-20/h2-8H,9-12H2,1H3. The molecule has 2 aromatic rings. The van der Waals surface area contributed by atoms with Crippen LogP contribution in [0.15, 0.2) is 42.5 Å². The van der Waals surface area contributed by atoms with Crippen molar-refractivity contribution in [1.29, 1.82) is 0 Å². The van der Waals surface area contributed by atoms with Crippen LogP contribution in [0.2, 0.25) is 0 Å². The molecule has 24 heavy (non-hydrogen) atoms. The number of sulfone groups is 1. The molecule has 1 saturated heterocycles. The summed E-state index contributed by atoms with van der Waals surface area (Å²) in [5.74, 6) is -0.478. The first-order chi connectivity index (χ1) is 11.4. The van der Waals surface area contributed by atoms with Crippen molar-refractivity contribution in [2.75, 3.05) is 24.6 Å². The van der Waals surface area contributed by atoms with Crippen molar-refractivity contribution in [3.63, 3.8) is 0 Å². The van der Waals surface area contributed by atoms with Gasteiger partial charge in [-0.25, -0.2) is 12.8 Å². The van der Waals surface area contributed by atoms with E-state index in [2.05, 4.69) is 0 Å². The third kappa shape index (κ3) is 3.33. The summed E-state index contributed by atoms with van der Waals surface area (Å²) in [6.45, 7) is 2.27. The van der Waals surface area contributed by atoms with Gasteiger partial charge in [-0.1, -0.05) is 24.3 Å². The van der Waals surface area contributed by atoms with Gasteiger partial charge in [-0.05, 0) is 36.2 Å². The molecule has 0 spiro atoms. The molecule has 0 unspecified atom stereocenters. The number of amides is 1. The summed E-state index contributed by atoms with van der Waals surface area (Å²) in [5.41, 5.74) is 2.55. The molecule has 0 aromatic heterocycles. The number of benzene rings is 2. The Balaban J connectivity index is 1.81. The van der Waals surface area contributed by atoms with E-state index in [1.807, 2.05) is 13.0 Å². The molecule has 126 valence electrons. The van der Waals surface area contributed by atoms with Crippen LogP contribution in [-0.4, -0.2) is 43.8 Å². The van der Waals surface area contributed by atoms with E-state index >= 15 is 0 Å². The van der Waals surface area contributed by atoms with Crippen LogP contribution in [0, 0.1) is 12.7 Å². The molecule has 1 aliphatic rings. The molecule has 6 heteroatoms. The Bertz CT molecular complexity index is 841. The van der Waals surface area contributed by atoms with Gasteiger partial charge >= 0.3 is 0 Å². The van der Waals surface area contributed by atoms with Crippen LogP contribution >= 0.6 is 0 Å². The minimum atomic E-state index is -3.02. The summed E-state index contributed by atoms with van der Waals surface area (Å²) >= 11 is 0. The molecule has 1 heterocycles. The first-order valence-corrected chi connectivity index (χ1v) is 9.55. The Morgan fingerprint density at radius 1 is 1.04 bits per heavy atom. The Morgan fingerprint density at radius 3 is 2.25 bits per heavy atom. The lowest BCUT2D eigenvalue weighted by Gasteiger charge is -2.26. The molecule has 0 saturated carbocycles.